The zero-order valence-electron chi connectivity index (χ0n) is 12.8. The van der Waals surface area contributed by atoms with Crippen molar-refractivity contribution in [2.75, 3.05) is 17.2 Å². The summed E-state index contributed by atoms with van der Waals surface area (Å²) in [6, 6.07) is 12.7. The molecule has 0 spiro atoms. The van der Waals surface area contributed by atoms with Crippen LogP contribution in [0, 0.1) is 5.92 Å². The lowest BCUT2D eigenvalue weighted by molar-refractivity contribution is 0.542. The molecule has 0 fully saturated rings. The fourth-order valence-corrected chi connectivity index (χ4v) is 3.13. The summed E-state index contributed by atoms with van der Waals surface area (Å²) in [4.78, 5) is 8.65. The molecule has 0 aliphatic carbocycles. The van der Waals surface area contributed by atoms with Crippen molar-refractivity contribution < 1.29 is 0 Å². The second-order valence-corrected chi connectivity index (χ2v) is 6.52. The standard InChI is InChI=1S/C17H20N4S/c1-12(2)15(21-13-6-4-3-5-7-13)10-18-17-16-14(8-9-22-16)19-11-20-17/h3-9,11-12,15,21H,10H2,1-2H3,(H,18,19,20)/t15-/m1/s1. The number of hydrogen-bond donors (Lipinski definition) is 2. The molecule has 2 N–H and O–H groups in total. The van der Waals surface area contributed by atoms with Crippen molar-refractivity contribution >= 4 is 33.1 Å². The molecular weight excluding hydrogens is 292 g/mol. The first-order chi connectivity index (χ1) is 10.7. The maximum atomic E-state index is 4.38. The zero-order chi connectivity index (χ0) is 15.4. The predicted molar refractivity (Wildman–Crippen MR) is 94.6 cm³/mol. The van der Waals surface area contributed by atoms with E-state index in [1.54, 1.807) is 17.7 Å². The van der Waals surface area contributed by atoms with Crippen LogP contribution in [0.3, 0.4) is 0 Å². The number of rotatable bonds is 6. The summed E-state index contributed by atoms with van der Waals surface area (Å²) in [6.45, 7) is 5.27. The summed E-state index contributed by atoms with van der Waals surface area (Å²) in [5.41, 5.74) is 2.14. The van der Waals surface area contributed by atoms with Crippen molar-refractivity contribution in [3.05, 3.63) is 48.1 Å². The largest absolute Gasteiger partial charge is 0.380 e. The van der Waals surface area contributed by atoms with Crippen LogP contribution in [0.1, 0.15) is 13.8 Å². The van der Waals surface area contributed by atoms with E-state index in [2.05, 4.69) is 46.6 Å². The van der Waals surface area contributed by atoms with Crippen molar-refractivity contribution in [2.45, 2.75) is 19.9 Å². The zero-order valence-corrected chi connectivity index (χ0v) is 13.6. The van der Waals surface area contributed by atoms with E-state index in [9.17, 15) is 0 Å². The fourth-order valence-electron chi connectivity index (χ4n) is 2.32. The van der Waals surface area contributed by atoms with Gasteiger partial charge in [-0.3, -0.25) is 0 Å². The molecule has 1 atom stereocenters. The molecule has 0 aliphatic heterocycles. The lowest BCUT2D eigenvalue weighted by atomic mass is 10.0. The minimum atomic E-state index is 0.326. The Morgan fingerprint density at radius 2 is 1.91 bits per heavy atom. The van der Waals surface area contributed by atoms with E-state index in [-0.39, 0.29) is 0 Å². The van der Waals surface area contributed by atoms with Gasteiger partial charge in [-0.25, -0.2) is 9.97 Å². The molecule has 4 nitrogen and oxygen atoms in total. The first-order valence-electron chi connectivity index (χ1n) is 7.47. The minimum absolute atomic E-state index is 0.326. The average molecular weight is 312 g/mol. The van der Waals surface area contributed by atoms with Crippen molar-refractivity contribution in [1.82, 2.24) is 9.97 Å². The molecule has 0 saturated heterocycles. The Bertz CT molecular complexity index is 724. The molecule has 22 heavy (non-hydrogen) atoms. The molecule has 3 rings (SSSR count). The molecule has 114 valence electrons. The molecular formula is C17H20N4S. The predicted octanol–water partition coefficient (Wildman–Crippen LogP) is 4.24. The maximum absolute atomic E-state index is 4.38. The highest BCUT2D eigenvalue weighted by atomic mass is 32.1. The van der Waals surface area contributed by atoms with E-state index in [0.717, 1.165) is 28.3 Å². The van der Waals surface area contributed by atoms with Crippen LogP contribution in [-0.2, 0) is 0 Å². The lowest BCUT2D eigenvalue weighted by Gasteiger charge is -2.24. The third kappa shape index (κ3) is 3.36. The van der Waals surface area contributed by atoms with Crippen LogP contribution in [0.25, 0.3) is 10.2 Å². The Labute approximate surface area is 134 Å². The number of nitrogens with one attached hydrogen (secondary N) is 2. The maximum Gasteiger partial charge on any atom is 0.147 e. The molecule has 0 aliphatic rings. The van der Waals surface area contributed by atoms with Gasteiger partial charge in [0.2, 0.25) is 0 Å². The Kier molecular flexibility index (Phi) is 4.53. The molecule has 3 aromatic rings. The van der Waals surface area contributed by atoms with E-state index < -0.39 is 0 Å². The molecule has 2 heterocycles. The summed E-state index contributed by atoms with van der Waals surface area (Å²) < 4.78 is 1.12. The van der Waals surface area contributed by atoms with E-state index in [1.165, 1.54) is 0 Å². The molecule has 1 aromatic carbocycles. The van der Waals surface area contributed by atoms with Gasteiger partial charge in [0.15, 0.2) is 0 Å². The van der Waals surface area contributed by atoms with Crippen molar-refractivity contribution in [1.29, 1.82) is 0 Å². The highest BCUT2D eigenvalue weighted by Crippen LogP contribution is 2.25. The number of para-hydroxylation sites is 1. The van der Waals surface area contributed by atoms with Gasteiger partial charge >= 0.3 is 0 Å². The SMILES string of the molecule is CC(C)[C@@H](CNc1ncnc2ccsc12)Nc1ccccc1. The van der Waals surface area contributed by atoms with Crippen LogP contribution < -0.4 is 10.6 Å². The minimum Gasteiger partial charge on any atom is -0.380 e. The fraction of sp³-hybridized carbons (Fsp3) is 0.294. The quantitative estimate of drug-likeness (QED) is 0.715. The number of benzene rings is 1. The van der Waals surface area contributed by atoms with Crippen LogP contribution in [0.15, 0.2) is 48.1 Å². The van der Waals surface area contributed by atoms with Crippen LogP contribution in [0.4, 0.5) is 11.5 Å². The van der Waals surface area contributed by atoms with Crippen molar-refractivity contribution in [3.63, 3.8) is 0 Å². The number of hydrogen-bond acceptors (Lipinski definition) is 5. The Balaban J connectivity index is 1.70. The molecule has 2 aromatic heterocycles. The van der Waals surface area contributed by atoms with E-state index >= 15 is 0 Å². The number of anilines is 2. The summed E-state index contributed by atoms with van der Waals surface area (Å²) >= 11 is 1.67. The molecule has 0 saturated carbocycles. The highest BCUT2D eigenvalue weighted by Gasteiger charge is 2.14. The smallest absolute Gasteiger partial charge is 0.147 e. The molecule has 0 amide bonds. The van der Waals surface area contributed by atoms with Gasteiger partial charge in [-0.2, -0.15) is 0 Å². The first-order valence-corrected chi connectivity index (χ1v) is 8.35. The second kappa shape index (κ2) is 6.75. The second-order valence-electron chi connectivity index (χ2n) is 5.60. The van der Waals surface area contributed by atoms with Gasteiger partial charge in [0.25, 0.3) is 0 Å². The number of fused-ring (bicyclic) bond motifs is 1. The normalized spacial score (nSPS) is 12.5. The Morgan fingerprint density at radius 3 is 2.68 bits per heavy atom. The number of aromatic nitrogens is 2. The topological polar surface area (TPSA) is 49.8 Å². The molecule has 5 heteroatoms. The molecule has 0 unspecified atom stereocenters. The van der Waals surface area contributed by atoms with E-state index in [1.807, 2.05) is 29.6 Å². The van der Waals surface area contributed by atoms with Gasteiger partial charge in [-0.05, 0) is 29.5 Å². The van der Waals surface area contributed by atoms with Gasteiger partial charge in [0.1, 0.15) is 12.1 Å². The monoisotopic (exact) mass is 312 g/mol. The highest BCUT2D eigenvalue weighted by molar-refractivity contribution is 7.17. The number of nitrogens with zero attached hydrogens (tertiary/aromatic N) is 2. The van der Waals surface area contributed by atoms with Crippen LogP contribution in [0.5, 0.6) is 0 Å². The average Bonchev–Trinajstić information content (AvgIpc) is 3.01. The van der Waals surface area contributed by atoms with Gasteiger partial charge in [0, 0.05) is 18.3 Å². The lowest BCUT2D eigenvalue weighted by Crippen LogP contribution is -2.33. The summed E-state index contributed by atoms with van der Waals surface area (Å²) in [5, 5.41) is 9.11. The Hall–Kier alpha value is -2.14. The van der Waals surface area contributed by atoms with E-state index in [0.29, 0.717) is 12.0 Å². The van der Waals surface area contributed by atoms with Crippen LogP contribution in [0.2, 0.25) is 0 Å². The van der Waals surface area contributed by atoms with E-state index in [4.69, 9.17) is 0 Å². The van der Waals surface area contributed by atoms with Gasteiger partial charge in [-0.1, -0.05) is 32.0 Å². The first kappa shape index (κ1) is 14.8. The van der Waals surface area contributed by atoms with Crippen molar-refractivity contribution in [3.8, 4) is 0 Å². The van der Waals surface area contributed by atoms with Gasteiger partial charge in [-0.15, -0.1) is 11.3 Å². The molecule has 0 radical (unpaired) electrons. The van der Waals surface area contributed by atoms with Gasteiger partial charge in [0.05, 0.1) is 10.2 Å². The third-order valence-corrected chi connectivity index (χ3v) is 4.57. The van der Waals surface area contributed by atoms with Crippen LogP contribution >= 0.6 is 11.3 Å². The third-order valence-electron chi connectivity index (χ3n) is 3.66. The van der Waals surface area contributed by atoms with Crippen molar-refractivity contribution in [2.24, 2.45) is 5.92 Å². The summed E-state index contributed by atoms with van der Waals surface area (Å²) in [7, 11) is 0. The van der Waals surface area contributed by atoms with Gasteiger partial charge < -0.3 is 10.6 Å². The van der Waals surface area contributed by atoms with Crippen LogP contribution in [-0.4, -0.2) is 22.6 Å². The molecule has 0 bridgehead atoms. The summed E-state index contributed by atoms with van der Waals surface area (Å²) in [5.74, 6) is 1.42. The summed E-state index contributed by atoms with van der Waals surface area (Å²) in [6.07, 6.45) is 1.62. The Morgan fingerprint density at radius 1 is 1.09 bits per heavy atom. The number of thiophene rings is 1.